The van der Waals surface area contributed by atoms with Crippen molar-refractivity contribution in [3.63, 3.8) is 0 Å². The smallest absolute Gasteiger partial charge is 0.243 e. The number of carbonyl (C=O) groups is 1. The molecule has 0 aromatic heterocycles. The van der Waals surface area contributed by atoms with Crippen LogP contribution in [-0.2, 0) is 37.8 Å². The van der Waals surface area contributed by atoms with E-state index in [-0.39, 0.29) is 36.2 Å². The summed E-state index contributed by atoms with van der Waals surface area (Å²) in [5, 5.41) is 3.72. The molecule has 3 rings (SSSR count). The highest BCUT2D eigenvalue weighted by molar-refractivity contribution is 7.92. The largest absolute Gasteiger partial charge is 0.378 e. The van der Waals surface area contributed by atoms with Crippen molar-refractivity contribution < 1.29 is 21.6 Å². The van der Waals surface area contributed by atoms with Gasteiger partial charge < -0.3 is 10.2 Å². The number of benzene rings is 2. The van der Waals surface area contributed by atoms with Crippen molar-refractivity contribution in [3.05, 3.63) is 71.6 Å². The molecule has 190 valence electrons. The Hall–Kier alpha value is -2.73. The van der Waals surface area contributed by atoms with Gasteiger partial charge in [0.05, 0.1) is 11.3 Å². The first-order chi connectivity index (χ1) is 16.5. The molecule has 1 heterocycles. The van der Waals surface area contributed by atoms with Crippen LogP contribution in [0.5, 0.6) is 0 Å². The number of rotatable bonds is 11. The fourth-order valence-electron chi connectivity index (χ4n) is 3.76. The van der Waals surface area contributed by atoms with Gasteiger partial charge >= 0.3 is 0 Å². The van der Waals surface area contributed by atoms with Crippen molar-refractivity contribution >= 4 is 31.6 Å². The Morgan fingerprint density at radius 3 is 2.29 bits per heavy atom. The summed E-state index contributed by atoms with van der Waals surface area (Å²) in [6.07, 6.45) is 0.709. The second-order valence-electron chi connectivity index (χ2n) is 8.74. The van der Waals surface area contributed by atoms with Crippen molar-refractivity contribution in [2.24, 2.45) is 5.92 Å². The molecule has 1 aliphatic rings. The van der Waals surface area contributed by atoms with Crippen LogP contribution in [0.1, 0.15) is 17.5 Å². The van der Waals surface area contributed by atoms with E-state index >= 15 is 0 Å². The molecule has 1 saturated heterocycles. The highest BCUT2D eigenvalue weighted by atomic mass is 32.2. The zero-order valence-electron chi connectivity index (χ0n) is 20.0. The lowest BCUT2D eigenvalue weighted by Gasteiger charge is -2.17. The van der Waals surface area contributed by atoms with Crippen LogP contribution in [0.3, 0.4) is 0 Å². The summed E-state index contributed by atoms with van der Waals surface area (Å²) >= 11 is 0. The van der Waals surface area contributed by atoms with Crippen molar-refractivity contribution in [2.75, 3.05) is 38.6 Å². The summed E-state index contributed by atoms with van der Waals surface area (Å²) < 4.78 is 52.8. The lowest BCUT2D eigenvalue weighted by atomic mass is 10.1. The van der Waals surface area contributed by atoms with Crippen molar-refractivity contribution in [1.29, 1.82) is 0 Å². The molecule has 1 atom stereocenters. The van der Waals surface area contributed by atoms with Crippen LogP contribution in [0.4, 0.5) is 5.69 Å². The van der Waals surface area contributed by atoms with Gasteiger partial charge in [-0.3, -0.25) is 4.79 Å². The van der Waals surface area contributed by atoms with Crippen LogP contribution >= 0.6 is 0 Å². The number of carbonyl (C=O) groups excluding carboxylic acids is 1. The molecule has 0 aliphatic carbocycles. The second kappa shape index (κ2) is 11.3. The second-order valence-corrected chi connectivity index (χ2v) is 12.4. The molecule has 0 bridgehead atoms. The SMILES string of the molecule is C=CS(=O)(=O)NC[C@H]1CCN(S(=O)(=O)c2ccc(CC(=O)NCc3ccc(N(C)C)cc3)cc2)C1. The van der Waals surface area contributed by atoms with Crippen molar-refractivity contribution in [2.45, 2.75) is 24.3 Å². The minimum absolute atomic E-state index is 0.110. The number of hydrogen-bond acceptors (Lipinski definition) is 6. The minimum Gasteiger partial charge on any atom is -0.378 e. The summed E-state index contributed by atoms with van der Waals surface area (Å²) in [7, 11) is -3.31. The van der Waals surface area contributed by atoms with Gasteiger partial charge in [0.1, 0.15) is 0 Å². The number of hydrogen-bond donors (Lipinski definition) is 2. The average molecular weight is 521 g/mol. The van der Waals surface area contributed by atoms with Crippen LogP contribution in [0.2, 0.25) is 0 Å². The van der Waals surface area contributed by atoms with Gasteiger partial charge in [-0.15, -0.1) is 0 Å². The Balaban J connectivity index is 1.52. The maximum Gasteiger partial charge on any atom is 0.243 e. The number of amides is 1. The Bertz CT molecular complexity index is 1240. The van der Waals surface area contributed by atoms with E-state index in [0.29, 0.717) is 25.1 Å². The van der Waals surface area contributed by atoms with Gasteiger partial charge in [-0.05, 0) is 47.7 Å². The molecular formula is C24H32N4O5S2. The zero-order valence-corrected chi connectivity index (χ0v) is 21.6. The molecule has 9 nitrogen and oxygen atoms in total. The summed E-state index contributed by atoms with van der Waals surface area (Å²) in [5.41, 5.74) is 2.78. The summed E-state index contributed by atoms with van der Waals surface area (Å²) in [6, 6.07) is 14.2. The third-order valence-corrected chi connectivity index (χ3v) is 8.80. The first-order valence-electron chi connectivity index (χ1n) is 11.2. The molecular weight excluding hydrogens is 488 g/mol. The van der Waals surface area contributed by atoms with Crippen LogP contribution in [-0.4, -0.2) is 60.8 Å². The van der Waals surface area contributed by atoms with Crippen LogP contribution in [0, 0.1) is 5.92 Å². The third kappa shape index (κ3) is 7.38. The van der Waals surface area contributed by atoms with Crippen LogP contribution in [0.25, 0.3) is 0 Å². The number of anilines is 1. The molecule has 0 spiro atoms. The summed E-state index contributed by atoms with van der Waals surface area (Å²) in [5.74, 6) is -0.261. The molecule has 2 N–H and O–H groups in total. The van der Waals surface area contributed by atoms with E-state index in [2.05, 4.69) is 16.6 Å². The molecule has 2 aromatic carbocycles. The molecule has 11 heteroatoms. The monoisotopic (exact) mass is 520 g/mol. The van der Waals surface area contributed by atoms with Gasteiger partial charge in [0.2, 0.25) is 26.0 Å². The van der Waals surface area contributed by atoms with Gasteiger partial charge in [-0.25, -0.2) is 21.6 Å². The Morgan fingerprint density at radius 2 is 1.69 bits per heavy atom. The predicted molar refractivity (Wildman–Crippen MR) is 137 cm³/mol. The topological polar surface area (TPSA) is 116 Å². The van der Waals surface area contributed by atoms with E-state index in [0.717, 1.165) is 16.7 Å². The van der Waals surface area contributed by atoms with E-state index in [1.165, 1.54) is 16.4 Å². The normalized spacial score (nSPS) is 16.7. The highest BCUT2D eigenvalue weighted by Gasteiger charge is 2.32. The van der Waals surface area contributed by atoms with Gasteiger partial charge in [0, 0.05) is 51.4 Å². The zero-order chi connectivity index (χ0) is 25.6. The molecule has 2 aromatic rings. The van der Waals surface area contributed by atoms with E-state index < -0.39 is 20.0 Å². The lowest BCUT2D eigenvalue weighted by molar-refractivity contribution is -0.120. The summed E-state index contributed by atoms with van der Waals surface area (Å²) in [4.78, 5) is 14.5. The fourth-order valence-corrected chi connectivity index (χ4v) is 5.88. The Morgan fingerprint density at radius 1 is 1.06 bits per heavy atom. The minimum atomic E-state index is -3.70. The predicted octanol–water partition coefficient (Wildman–Crippen LogP) is 1.69. The molecule has 0 saturated carbocycles. The van der Waals surface area contributed by atoms with E-state index in [1.54, 1.807) is 12.1 Å². The van der Waals surface area contributed by atoms with E-state index in [1.807, 2.05) is 43.3 Å². The quantitative estimate of drug-likeness (QED) is 0.466. The van der Waals surface area contributed by atoms with Crippen LogP contribution < -0.4 is 14.9 Å². The molecule has 1 aliphatic heterocycles. The maximum atomic E-state index is 13.0. The fraction of sp³-hybridized carbons (Fsp3) is 0.375. The first kappa shape index (κ1) is 26.9. The van der Waals surface area contributed by atoms with Gasteiger partial charge in [0.25, 0.3) is 0 Å². The number of sulfonamides is 2. The molecule has 0 radical (unpaired) electrons. The van der Waals surface area contributed by atoms with Gasteiger partial charge in [-0.1, -0.05) is 30.8 Å². The molecule has 1 amide bonds. The van der Waals surface area contributed by atoms with Gasteiger partial charge in [0.15, 0.2) is 0 Å². The Kier molecular flexibility index (Phi) is 8.70. The Labute approximate surface area is 207 Å². The summed E-state index contributed by atoms with van der Waals surface area (Å²) in [6.45, 7) is 4.38. The molecule has 1 fully saturated rings. The molecule has 0 unspecified atom stereocenters. The first-order valence-corrected chi connectivity index (χ1v) is 14.2. The van der Waals surface area contributed by atoms with Crippen LogP contribution in [0.15, 0.2) is 65.4 Å². The maximum absolute atomic E-state index is 13.0. The standard InChI is InChI=1S/C24H32N4O5S2/c1-4-34(30,31)26-17-21-13-14-28(18-21)35(32,33)23-11-7-19(8-12-23)15-24(29)25-16-20-5-9-22(10-6-20)27(2)3/h4-12,21,26H,1,13-18H2,2-3H3,(H,25,29)/t21-/m1/s1. The molecule has 35 heavy (non-hydrogen) atoms. The van der Waals surface area contributed by atoms with Crippen molar-refractivity contribution in [3.8, 4) is 0 Å². The highest BCUT2D eigenvalue weighted by Crippen LogP contribution is 2.24. The number of nitrogens with one attached hydrogen (secondary N) is 2. The average Bonchev–Trinajstić information content (AvgIpc) is 3.32. The van der Waals surface area contributed by atoms with Crippen molar-refractivity contribution in [1.82, 2.24) is 14.3 Å². The van der Waals surface area contributed by atoms with E-state index in [9.17, 15) is 21.6 Å². The van der Waals surface area contributed by atoms with Gasteiger partial charge in [-0.2, -0.15) is 4.31 Å². The lowest BCUT2D eigenvalue weighted by Crippen LogP contribution is -2.32. The third-order valence-electron chi connectivity index (χ3n) is 5.91. The van der Waals surface area contributed by atoms with E-state index in [4.69, 9.17) is 0 Å². The number of nitrogens with zero attached hydrogens (tertiary/aromatic N) is 2.